The molecule has 12 heteroatoms. The summed E-state index contributed by atoms with van der Waals surface area (Å²) in [5.74, 6) is -2.55. The standard InChI is InChI=1S/C24H24F3N3O5S/c1-22(2)12-17-20(18(31)13-22)23(24(25,26)27,29-36(33,34)15-10-8-14(28)9-11-15)21(32)30(17)16-6-4-5-7-19(16)35-3/h4-11,29H,12-13,28H2,1-3H3. The first-order valence-electron chi connectivity index (χ1n) is 10.9. The fourth-order valence-corrected chi connectivity index (χ4v) is 6.01. The Morgan fingerprint density at radius 3 is 2.22 bits per heavy atom. The molecule has 2 aliphatic rings. The highest BCUT2D eigenvalue weighted by atomic mass is 32.2. The van der Waals surface area contributed by atoms with Gasteiger partial charge in [-0.15, -0.1) is 0 Å². The van der Waals surface area contributed by atoms with Crippen LogP contribution in [0.2, 0.25) is 0 Å². The maximum absolute atomic E-state index is 15.0. The van der Waals surface area contributed by atoms with Crippen LogP contribution in [0.5, 0.6) is 5.75 Å². The Hall–Kier alpha value is -3.38. The van der Waals surface area contributed by atoms with E-state index in [0.29, 0.717) is 0 Å². The molecule has 0 saturated heterocycles. The van der Waals surface area contributed by atoms with Gasteiger partial charge in [-0.2, -0.15) is 17.9 Å². The number of carbonyl (C=O) groups is 2. The number of nitrogens with one attached hydrogen (secondary N) is 1. The minimum absolute atomic E-state index is 0.0409. The van der Waals surface area contributed by atoms with Crippen LogP contribution in [0.1, 0.15) is 26.7 Å². The number of anilines is 2. The summed E-state index contributed by atoms with van der Waals surface area (Å²) in [6, 6.07) is 10.3. The number of nitrogens with zero attached hydrogens (tertiary/aromatic N) is 1. The van der Waals surface area contributed by atoms with E-state index in [1.54, 1.807) is 24.6 Å². The number of para-hydroxylation sites is 2. The molecule has 0 radical (unpaired) electrons. The first kappa shape index (κ1) is 25.7. The van der Waals surface area contributed by atoms with Gasteiger partial charge in [-0.25, -0.2) is 8.42 Å². The number of alkyl halides is 3. The van der Waals surface area contributed by atoms with Crippen molar-refractivity contribution in [2.45, 2.75) is 43.3 Å². The Morgan fingerprint density at radius 1 is 1.03 bits per heavy atom. The molecule has 1 aliphatic carbocycles. The molecule has 1 atom stereocenters. The summed E-state index contributed by atoms with van der Waals surface area (Å²) in [6.07, 6.45) is -5.89. The van der Waals surface area contributed by atoms with E-state index in [2.05, 4.69) is 0 Å². The van der Waals surface area contributed by atoms with Crippen molar-refractivity contribution in [2.75, 3.05) is 17.7 Å². The normalized spacial score (nSPS) is 22.1. The summed E-state index contributed by atoms with van der Waals surface area (Å²) in [5, 5.41) is 0. The van der Waals surface area contributed by atoms with E-state index in [4.69, 9.17) is 10.5 Å². The molecule has 0 spiro atoms. The zero-order chi connectivity index (χ0) is 26.7. The number of sulfonamides is 1. The van der Waals surface area contributed by atoms with Gasteiger partial charge in [0.2, 0.25) is 15.6 Å². The van der Waals surface area contributed by atoms with Crippen LogP contribution >= 0.6 is 0 Å². The number of benzene rings is 2. The van der Waals surface area contributed by atoms with Crippen LogP contribution in [0.15, 0.2) is 64.7 Å². The third-order valence-electron chi connectivity index (χ3n) is 6.25. The van der Waals surface area contributed by atoms with Gasteiger partial charge in [0.15, 0.2) is 5.78 Å². The van der Waals surface area contributed by atoms with Crippen molar-refractivity contribution in [3.05, 3.63) is 59.8 Å². The maximum Gasteiger partial charge on any atom is 0.421 e. The number of carbonyl (C=O) groups excluding carboxylic acids is 2. The highest BCUT2D eigenvalue weighted by Crippen LogP contribution is 2.54. The first-order chi connectivity index (χ1) is 16.6. The number of ketones is 1. The molecule has 1 aliphatic heterocycles. The van der Waals surface area contributed by atoms with E-state index in [9.17, 15) is 31.2 Å². The monoisotopic (exact) mass is 523 g/mol. The van der Waals surface area contributed by atoms with Gasteiger partial charge in [-0.3, -0.25) is 14.5 Å². The number of amides is 1. The lowest BCUT2D eigenvalue weighted by atomic mass is 9.72. The highest BCUT2D eigenvalue weighted by molar-refractivity contribution is 7.89. The van der Waals surface area contributed by atoms with Crippen LogP contribution in [0, 0.1) is 5.41 Å². The van der Waals surface area contributed by atoms with Gasteiger partial charge in [0, 0.05) is 17.8 Å². The number of halogens is 3. The average Bonchev–Trinajstić information content (AvgIpc) is 3.01. The van der Waals surface area contributed by atoms with Crippen molar-refractivity contribution in [3.8, 4) is 5.75 Å². The minimum Gasteiger partial charge on any atom is -0.495 e. The van der Waals surface area contributed by atoms with Crippen LogP contribution < -0.4 is 20.1 Å². The first-order valence-corrected chi connectivity index (χ1v) is 12.3. The van der Waals surface area contributed by atoms with Crippen molar-refractivity contribution in [3.63, 3.8) is 0 Å². The molecule has 192 valence electrons. The number of hydrogen-bond acceptors (Lipinski definition) is 6. The summed E-state index contributed by atoms with van der Waals surface area (Å²) in [4.78, 5) is 27.3. The quantitative estimate of drug-likeness (QED) is 0.579. The number of hydrogen-bond donors (Lipinski definition) is 2. The van der Waals surface area contributed by atoms with Crippen molar-refractivity contribution in [2.24, 2.45) is 5.41 Å². The summed E-state index contributed by atoms with van der Waals surface area (Å²) in [5.41, 5.74) is -0.0468. The Bertz CT molecular complexity index is 1380. The van der Waals surface area contributed by atoms with Crippen LogP contribution in [-0.4, -0.2) is 38.9 Å². The summed E-state index contributed by atoms with van der Waals surface area (Å²) in [7, 11) is -3.67. The second kappa shape index (κ2) is 8.34. The predicted molar refractivity (Wildman–Crippen MR) is 125 cm³/mol. The molecule has 0 bridgehead atoms. The lowest BCUT2D eigenvalue weighted by Gasteiger charge is -2.35. The van der Waals surface area contributed by atoms with Gasteiger partial charge in [0.25, 0.3) is 5.91 Å². The van der Waals surface area contributed by atoms with Crippen LogP contribution in [-0.2, 0) is 19.6 Å². The molecule has 2 aromatic carbocycles. The fourth-order valence-electron chi connectivity index (χ4n) is 4.69. The van der Waals surface area contributed by atoms with E-state index < -0.39 is 49.3 Å². The molecule has 0 fully saturated rings. The molecular weight excluding hydrogens is 499 g/mol. The summed E-state index contributed by atoms with van der Waals surface area (Å²) >= 11 is 0. The van der Waals surface area contributed by atoms with Gasteiger partial charge in [-0.1, -0.05) is 26.0 Å². The fraction of sp³-hybridized carbons (Fsp3) is 0.333. The molecule has 36 heavy (non-hydrogen) atoms. The second-order valence-electron chi connectivity index (χ2n) is 9.50. The minimum atomic E-state index is -5.50. The van der Waals surface area contributed by atoms with E-state index in [1.165, 1.54) is 37.4 Å². The van der Waals surface area contributed by atoms with Crippen molar-refractivity contribution in [1.29, 1.82) is 0 Å². The number of allylic oxidation sites excluding steroid dienone is 1. The molecule has 0 saturated carbocycles. The smallest absolute Gasteiger partial charge is 0.421 e. The molecule has 0 aromatic heterocycles. The van der Waals surface area contributed by atoms with Crippen molar-refractivity contribution >= 4 is 33.1 Å². The third kappa shape index (κ3) is 3.94. The van der Waals surface area contributed by atoms with E-state index in [0.717, 1.165) is 17.0 Å². The van der Waals surface area contributed by atoms with Crippen LogP contribution in [0.25, 0.3) is 0 Å². The molecule has 1 heterocycles. The Balaban J connectivity index is 2.01. The van der Waals surface area contributed by atoms with Gasteiger partial charge in [0.05, 0.1) is 23.3 Å². The number of methoxy groups -OCH3 is 1. The van der Waals surface area contributed by atoms with E-state index in [1.807, 2.05) is 0 Å². The zero-order valence-corrected chi connectivity index (χ0v) is 20.5. The number of Topliss-reactive ketones (excluding diaryl/α,β-unsaturated/α-hetero) is 1. The van der Waals surface area contributed by atoms with Gasteiger partial charge in [-0.05, 0) is 48.2 Å². The molecule has 4 rings (SSSR count). The molecule has 1 amide bonds. The van der Waals surface area contributed by atoms with Gasteiger partial charge in [0.1, 0.15) is 5.75 Å². The molecule has 8 nitrogen and oxygen atoms in total. The maximum atomic E-state index is 15.0. The van der Waals surface area contributed by atoms with Gasteiger partial charge < -0.3 is 10.5 Å². The van der Waals surface area contributed by atoms with E-state index in [-0.39, 0.29) is 35.7 Å². The highest BCUT2D eigenvalue weighted by Gasteiger charge is 2.72. The largest absolute Gasteiger partial charge is 0.495 e. The molecule has 2 aromatic rings. The SMILES string of the molecule is COc1ccccc1N1C(=O)C(NS(=O)(=O)c2ccc(N)cc2)(C(F)(F)F)C2=C1CC(C)(C)CC2=O. The summed E-state index contributed by atoms with van der Waals surface area (Å²) in [6.45, 7) is 3.37. The molecular formula is C24H24F3N3O5S. The number of nitrogens with two attached hydrogens (primary N) is 1. The predicted octanol–water partition coefficient (Wildman–Crippen LogP) is 3.55. The lowest BCUT2D eigenvalue weighted by molar-refractivity contribution is -0.184. The molecule has 3 N–H and O–H groups in total. The number of nitrogen functional groups attached to an aromatic ring is 1. The molecule has 1 unspecified atom stereocenters. The second-order valence-corrected chi connectivity index (χ2v) is 11.2. The number of ether oxygens (including phenoxy) is 1. The zero-order valence-electron chi connectivity index (χ0n) is 19.6. The van der Waals surface area contributed by atoms with Gasteiger partial charge >= 0.3 is 6.18 Å². The van der Waals surface area contributed by atoms with Crippen molar-refractivity contribution in [1.82, 2.24) is 4.72 Å². The Morgan fingerprint density at radius 2 is 1.64 bits per heavy atom. The Kier molecular flexibility index (Phi) is 5.96. The van der Waals surface area contributed by atoms with Crippen LogP contribution in [0.3, 0.4) is 0 Å². The average molecular weight is 524 g/mol. The summed E-state index contributed by atoms with van der Waals surface area (Å²) < 4.78 is 78.1. The lowest BCUT2D eigenvalue weighted by Crippen LogP contribution is -2.66. The third-order valence-corrected chi connectivity index (χ3v) is 7.72. The topological polar surface area (TPSA) is 119 Å². The van der Waals surface area contributed by atoms with Crippen molar-refractivity contribution < 1.29 is 35.9 Å². The Labute approximate surface area is 206 Å². The van der Waals surface area contributed by atoms with E-state index >= 15 is 0 Å². The number of rotatable bonds is 5. The van der Waals surface area contributed by atoms with Crippen LogP contribution in [0.4, 0.5) is 24.5 Å².